The van der Waals surface area contributed by atoms with Crippen molar-refractivity contribution >= 4 is 23.4 Å². The summed E-state index contributed by atoms with van der Waals surface area (Å²) in [7, 11) is 0. The van der Waals surface area contributed by atoms with E-state index in [0.717, 1.165) is 30.0 Å². The van der Waals surface area contributed by atoms with Crippen LogP contribution in [0.1, 0.15) is 12.8 Å². The summed E-state index contributed by atoms with van der Waals surface area (Å²) in [6.45, 7) is 0.256. The van der Waals surface area contributed by atoms with Crippen LogP contribution >= 0.6 is 11.8 Å². The van der Waals surface area contributed by atoms with Crippen LogP contribution in [0.4, 0.5) is 5.69 Å². The Morgan fingerprint density at radius 2 is 2.22 bits per heavy atom. The second-order valence-electron chi connectivity index (χ2n) is 4.47. The third kappa shape index (κ3) is 2.41. The van der Waals surface area contributed by atoms with E-state index in [9.17, 15) is 4.79 Å². The molecule has 1 aromatic rings. The number of hydrogen-bond donors (Lipinski definition) is 1. The van der Waals surface area contributed by atoms with Gasteiger partial charge in [-0.1, -0.05) is 0 Å². The number of thioether (sulfide) groups is 1. The lowest BCUT2D eigenvalue weighted by Gasteiger charge is -2.20. The molecule has 2 aliphatic heterocycles. The first kappa shape index (κ1) is 11.7. The van der Waals surface area contributed by atoms with Crippen LogP contribution in [-0.4, -0.2) is 24.2 Å². The van der Waals surface area contributed by atoms with Crippen LogP contribution in [0, 0.1) is 5.92 Å². The second-order valence-corrected chi connectivity index (χ2v) is 5.62. The van der Waals surface area contributed by atoms with E-state index < -0.39 is 0 Å². The highest BCUT2D eigenvalue weighted by Gasteiger charge is 2.22. The highest BCUT2D eigenvalue weighted by molar-refractivity contribution is 7.99. The van der Waals surface area contributed by atoms with Gasteiger partial charge in [-0.3, -0.25) is 4.79 Å². The number of nitrogens with one attached hydrogen (secondary N) is 1. The third-order valence-corrected chi connectivity index (χ3v) is 4.39. The van der Waals surface area contributed by atoms with Crippen LogP contribution in [0.15, 0.2) is 18.2 Å². The number of benzene rings is 1. The van der Waals surface area contributed by atoms with Gasteiger partial charge in [0.05, 0.1) is 0 Å². The normalized spacial score (nSPS) is 21.7. The van der Waals surface area contributed by atoms with Crippen LogP contribution in [0.5, 0.6) is 11.5 Å². The zero-order valence-electron chi connectivity index (χ0n) is 9.98. The molecule has 4 nitrogen and oxygen atoms in total. The van der Waals surface area contributed by atoms with Crippen LogP contribution < -0.4 is 14.8 Å². The van der Waals surface area contributed by atoms with Crippen molar-refractivity contribution in [2.24, 2.45) is 5.92 Å². The molecule has 5 heteroatoms. The smallest absolute Gasteiger partial charge is 0.231 e. The minimum absolute atomic E-state index is 0.112. The molecular formula is C13H15NO3S. The van der Waals surface area contributed by atoms with Crippen LogP contribution in [0.3, 0.4) is 0 Å². The Labute approximate surface area is 110 Å². The molecule has 1 unspecified atom stereocenters. The molecule has 0 aromatic heterocycles. The molecule has 0 saturated carbocycles. The van der Waals surface area contributed by atoms with Gasteiger partial charge < -0.3 is 14.8 Å². The van der Waals surface area contributed by atoms with E-state index in [1.54, 1.807) is 0 Å². The van der Waals surface area contributed by atoms with Gasteiger partial charge in [0.2, 0.25) is 12.7 Å². The molecule has 0 aliphatic carbocycles. The molecule has 96 valence electrons. The fraction of sp³-hybridized carbons (Fsp3) is 0.462. The first-order chi connectivity index (χ1) is 8.83. The fourth-order valence-corrected chi connectivity index (χ4v) is 3.31. The van der Waals surface area contributed by atoms with Crippen molar-refractivity contribution in [3.8, 4) is 11.5 Å². The van der Waals surface area contributed by atoms with Crippen LogP contribution in [0.25, 0.3) is 0 Å². The Bertz CT molecular complexity index is 458. The van der Waals surface area contributed by atoms with Crippen molar-refractivity contribution in [3.63, 3.8) is 0 Å². The molecule has 1 aromatic carbocycles. The largest absolute Gasteiger partial charge is 0.454 e. The average molecular weight is 265 g/mol. The molecule has 2 heterocycles. The van der Waals surface area contributed by atoms with Crippen molar-refractivity contribution < 1.29 is 14.3 Å². The number of amides is 1. The second kappa shape index (κ2) is 5.10. The maximum absolute atomic E-state index is 12.1. The van der Waals surface area contributed by atoms with Gasteiger partial charge in [0.25, 0.3) is 0 Å². The summed E-state index contributed by atoms with van der Waals surface area (Å²) in [4.78, 5) is 12.1. The predicted molar refractivity (Wildman–Crippen MR) is 71.2 cm³/mol. The molecule has 0 bridgehead atoms. The summed E-state index contributed by atoms with van der Waals surface area (Å²) in [5, 5.41) is 2.95. The quantitative estimate of drug-likeness (QED) is 0.892. The SMILES string of the molecule is O=C(Nc1ccc2c(c1)OCO2)C1CCCSC1. The Kier molecular flexibility index (Phi) is 3.32. The Morgan fingerprint density at radius 3 is 3.06 bits per heavy atom. The minimum atomic E-state index is 0.112. The molecule has 1 fully saturated rings. The van der Waals surface area contributed by atoms with Gasteiger partial charge in [-0.2, -0.15) is 11.8 Å². The molecule has 1 N–H and O–H groups in total. The predicted octanol–water partition coefficient (Wildman–Crippen LogP) is 2.50. The van der Waals surface area contributed by atoms with Gasteiger partial charge in [-0.15, -0.1) is 0 Å². The summed E-state index contributed by atoms with van der Waals surface area (Å²) >= 11 is 1.86. The summed E-state index contributed by atoms with van der Waals surface area (Å²) in [6, 6.07) is 5.49. The number of anilines is 1. The van der Waals surface area contributed by atoms with Crippen molar-refractivity contribution in [1.29, 1.82) is 0 Å². The lowest BCUT2D eigenvalue weighted by Crippen LogP contribution is -2.27. The number of rotatable bonds is 2. The maximum atomic E-state index is 12.1. The van der Waals surface area contributed by atoms with Gasteiger partial charge >= 0.3 is 0 Å². The molecule has 3 rings (SSSR count). The van der Waals surface area contributed by atoms with Gasteiger partial charge in [0.1, 0.15) is 0 Å². The molecule has 2 aliphatic rings. The lowest BCUT2D eigenvalue weighted by molar-refractivity contribution is -0.119. The third-order valence-electron chi connectivity index (χ3n) is 3.17. The number of carbonyl (C=O) groups excluding carboxylic acids is 1. The van der Waals surface area contributed by atoms with Crippen molar-refractivity contribution in [1.82, 2.24) is 0 Å². The highest BCUT2D eigenvalue weighted by atomic mass is 32.2. The van der Waals surface area contributed by atoms with E-state index >= 15 is 0 Å². The monoisotopic (exact) mass is 265 g/mol. The maximum Gasteiger partial charge on any atom is 0.231 e. The summed E-state index contributed by atoms with van der Waals surface area (Å²) in [5.74, 6) is 3.78. The lowest BCUT2D eigenvalue weighted by atomic mass is 10.0. The van der Waals surface area contributed by atoms with Crippen LogP contribution in [0.2, 0.25) is 0 Å². The Balaban J connectivity index is 1.66. The van der Waals surface area contributed by atoms with Gasteiger partial charge in [-0.25, -0.2) is 0 Å². The van der Waals surface area contributed by atoms with Gasteiger partial charge in [0.15, 0.2) is 11.5 Å². The van der Waals surface area contributed by atoms with Crippen molar-refractivity contribution in [2.45, 2.75) is 12.8 Å². The Morgan fingerprint density at radius 1 is 1.33 bits per heavy atom. The zero-order valence-corrected chi connectivity index (χ0v) is 10.8. The van der Waals surface area contributed by atoms with Crippen molar-refractivity contribution in [3.05, 3.63) is 18.2 Å². The van der Waals surface area contributed by atoms with E-state index in [1.807, 2.05) is 30.0 Å². The van der Waals surface area contributed by atoms with Gasteiger partial charge in [0, 0.05) is 23.4 Å². The van der Waals surface area contributed by atoms with E-state index in [0.29, 0.717) is 5.75 Å². The van der Waals surface area contributed by atoms with Gasteiger partial charge in [-0.05, 0) is 30.7 Å². The Hall–Kier alpha value is -1.36. The first-order valence-corrected chi connectivity index (χ1v) is 7.26. The zero-order chi connectivity index (χ0) is 12.4. The van der Waals surface area contributed by atoms with Crippen molar-refractivity contribution in [2.75, 3.05) is 23.6 Å². The van der Waals surface area contributed by atoms with E-state index in [-0.39, 0.29) is 18.6 Å². The summed E-state index contributed by atoms with van der Waals surface area (Å²) in [6.07, 6.45) is 2.12. The van der Waals surface area contributed by atoms with E-state index in [1.165, 1.54) is 5.75 Å². The molecule has 0 spiro atoms. The topological polar surface area (TPSA) is 47.6 Å². The summed E-state index contributed by atoms with van der Waals surface area (Å²) < 4.78 is 10.5. The number of hydrogen-bond acceptors (Lipinski definition) is 4. The van der Waals surface area contributed by atoms with E-state index in [4.69, 9.17) is 9.47 Å². The standard InChI is InChI=1S/C13H15NO3S/c15-13(9-2-1-5-18-7-9)14-10-3-4-11-12(6-10)17-8-16-11/h3-4,6,9H,1-2,5,7-8H2,(H,14,15). The number of ether oxygens (including phenoxy) is 2. The minimum Gasteiger partial charge on any atom is -0.454 e. The summed E-state index contributed by atoms with van der Waals surface area (Å²) in [5.41, 5.74) is 0.778. The molecular weight excluding hydrogens is 250 g/mol. The van der Waals surface area contributed by atoms with E-state index in [2.05, 4.69) is 5.32 Å². The first-order valence-electron chi connectivity index (χ1n) is 6.11. The molecule has 1 amide bonds. The highest BCUT2D eigenvalue weighted by Crippen LogP contribution is 2.34. The fourth-order valence-electron chi connectivity index (χ4n) is 2.17. The molecule has 1 atom stereocenters. The molecule has 0 radical (unpaired) electrons. The average Bonchev–Trinajstić information content (AvgIpc) is 2.87. The number of carbonyl (C=O) groups is 1. The number of fused-ring (bicyclic) bond motifs is 1. The molecule has 18 heavy (non-hydrogen) atoms. The van der Waals surface area contributed by atoms with Crippen LogP contribution in [-0.2, 0) is 4.79 Å². The molecule has 1 saturated heterocycles.